The monoisotopic (exact) mass is 1100 g/mol. The van der Waals surface area contributed by atoms with Crippen molar-refractivity contribution in [2.75, 3.05) is 0 Å². The second kappa shape index (κ2) is 34.5. The minimum atomic E-state index is -1.25. The molecule has 0 radical (unpaired) electrons. The van der Waals surface area contributed by atoms with Crippen LogP contribution in [0.1, 0.15) is 268 Å². The molecule has 0 aromatic heterocycles. The maximum Gasteiger partial charge on any atom is 2.00 e. The topological polar surface area (TPSA) is 151 Å². The number of aliphatic carboxylic acids is 2. The van der Waals surface area contributed by atoms with Crippen molar-refractivity contribution in [3.63, 3.8) is 0 Å². The first kappa shape index (κ1) is 70.3. The summed E-state index contributed by atoms with van der Waals surface area (Å²) in [5, 5.41) is 21.4. The zero-order chi connectivity index (χ0) is 56.9. The molecule has 0 saturated heterocycles. The van der Waals surface area contributed by atoms with Gasteiger partial charge in [-0.3, -0.25) is 9.59 Å². The molecule has 6 atom stereocenters. The second-order valence-corrected chi connectivity index (χ2v) is 25.5. The molecule has 432 valence electrons. The molecule has 2 aliphatic heterocycles. The van der Waals surface area contributed by atoms with Crippen LogP contribution in [0, 0.1) is 77.0 Å². The van der Waals surface area contributed by atoms with E-state index in [9.17, 15) is 29.4 Å². The fraction of sp³-hybridized carbons (Fsp3) is 0.758. The van der Waals surface area contributed by atoms with Gasteiger partial charge in [0.2, 0.25) is 0 Å². The molecule has 4 rings (SSSR count). The van der Waals surface area contributed by atoms with Gasteiger partial charge in [-0.15, -0.1) is 0 Å². The average Bonchev–Trinajstić information content (AvgIpc) is 3.33. The number of hydrogen-bond acceptors (Lipinski definition) is 10. The van der Waals surface area contributed by atoms with E-state index in [2.05, 4.69) is 69.2 Å². The zero-order valence-corrected chi connectivity index (χ0v) is 53.8. The fourth-order valence-corrected chi connectivity index (χ4v) is 11.6. The minimum Gasteiger partial charge on any atom is -0.550 e. The van der Waals surface area contributed by atoms with E-state index in [0.29, 0.717) is 11.5 Å². The third-order valence-corrected chi connectivity index (χ3v) is 17.2. The van der Waals surface area contributed by atoms with Gasteiger partial charge in [0.15, 0.2) is 0 Å². The zero-order valence-electron chi connectivity index (χ0n) is 51.6. The van der Waals surface area contributed by atoms with E-state index >= 15 is 0 Å². The molecule has 2 heterocycles. The van der Waals surface area contributed by atoms with Gasteiger partial charge in [0.05, 0.1) is 12.8 Å². The van der Waals surface area contributed by atoms with Gasteiger partial charge in [0.25, 0.3) is 0 Å². The van der Waals surface area contributed by atoms with Crippen LogP contribution in [0.4, 0.5) is 0 Å². The van der Waals surface area contributed by atoms with E-state index in [1.54, 1.807) is 0 Å². The Bertz CT molecular complexity index is 2030. The summed E-state index contributed by atoms with van der Waals surface area (Å²) in [6, 6.07) is 0. The van der Waals surface area contributed by atoms with Crippen LogP contribution in [0.15, 0.2) is 0 Å². The molecule has 0 bridgehead atoms. The van der Waals surface area contributed by atoms with Crippen molar-refractivity contribution in [2.45, 2.75) is 289 Å². The summed E-state index contributed by atoms with van der Waals surface area (Å²) in [5.41, 5.74) is 7.40. The van der Waals surface area contributed by atoms with Gasteiger partial charge in [0, 0.05) is 23.1 Å². The summed E-state index contributed by atoms with van der Waals surface area (Å²) in [5.74, 6) is 4.18. The van der Waals surface area contributed by atoms with Crippen LogP contribution >= 0.6 is 0 Å². The number of rotatable bonds is 32. The van der Waals surface area contributed by atoms with Crippen LogP contribution in [0.2, 0.25) is 0 Å². The number of fused-ring (bicyclic) bond motifs is 2. The van der Waals surface area contributed by atoms with Crippen LogP contribution in [0.25, 0.3) is 0 Å². The summed E-state index contributed by atoms with van der Waals surface area (Å²) in [7, 11) is 0. The summed E-state index contributed by atoms with van der Waals surface area (Å²) >= 11 is 0. The molecular weight excluding hydrogens is 993 g/mol. The smallest absolute Gasteiger partial charge is 0.550 e. The molecule has 2 aliphatic rings. The molecule has 0 unspecified atom stereocenters. The molecule has 2 aromatic rings. The molecule has 0 amide bonds. The molecule has 0 aliphatic carbocycles. The van der Waals surface area contributed by atoms with Crippen molar-refractivity contribution in [1.82, 2.24) is 0 Å². The Hall–Kier alpha value is -2.82. The Morgan fingerprint density at radius 2 is 0.727 bits per heavy atom. The minimum absolute atomic E-state index is 0. The van der Waals surface area contributed by atoms with Gasteiger partial charge in [0.1, 0.15) is 34.2 Å². The Kier molecular flexibility index (Phi) is 31.5. The molecule has 77 heavy (non-hydrogen) atoms. The van der Waals surface area contributed by atoms with Crippen molar-refractivity contribution in [3.8, 4) is 23.0 Å². The number of ether oxygens (including phenoxy) is 4. The summed E-state index contributed by atoms with van der Waals surface area (Å²) < 4.78 is 24.6. The maximum atomic E-state index is 12.2. The summed E-state index contributed by atoms with van der Waals surface area (Å²) in [6.07, 6.45) is 25.7. The molecule has 10 nitrogen and oxygen atoms in total. The van der Waals surface area contributed by atoms with E-state index in [1.165, 1.54) is 103 Å². The number of carboxylic acids is 2. The average molecular weight is 1100 g/mol. The Morgan fingerprint density at radius 1 is 0.442 bits per heavy atom. The maximum absolute atomic E-state index is 12.2. The summed E-state index contributed by atoms with van der Waals surface area (Å²) in [4.78, 5) is 45.8. The first-order chi connectivity index (χ1) is 35.6. The number of hydrogen-bond donors (Lipinski definition) is 0. The van der Waals surface area contributed by atoms with Crippen LogP contribution < -0.4 is 29.2 Å². The van der Waals surface area contributed by atoms with Crippen LogP contribution in [-0.4, -0.2) is 72.8 Å². The first-order valence-electron chi connectivity index (χ1n) is 30.1. The van der Waals surface area contributed by atoms with Gasteiger partial charge in [-0.25, -0.2) is 0 Å². The van der Waals surface area contributed by atoms with Crippen molar-refractivity contribution in [1.29, 1.82) is 0 Å². The summed E-state index contributed by atoms with van der Waals surface area (Å²) in [6.45, 7) is 35.2. The molecular formula is C66H106CaO10. The van der Waals surface area contributed by atoms with Gasteiger partial charge >= 0.3 is 49.7 Å². The standard InChI is InChI=1S/2C33H54O5.Ca/c2*1-22(2)12-9-13-23(3)14-10-15-24(4)16-11-20-33(8)21-19-28-27(7)31(25(5)26(6)32(28)38-33)37-30(36)18-17-29(34)35;/h2*22-24H,9-21H2,1-8H3,(H,34,35);/q;;+2/p-2/t2*23-,24-,33-;/m00./s1. The van der Waals surface area contributed by atoms with Crippen molar-refractivity contribution < 1.29 is 48.3 Å². The predicted molar refractivity (Wildman–Crippen MR) is 311 cm³/mol. The van der Waals surface area contributed by atoms with Crippen LogP contribution in [0.3, 0.4) is 0 Å². The van der Waals surface area contributed by atoms with Gasteiger partial charge in [-0.1, -0.05) is 145 Å². The van der Waals surface area contributed by atoms with E-state index in [-0.39, 0.29) is 74.6 Å². The van der Waals surface area contributed by atoms with Gasteiger partial charge in [-0.2, -0.15) is 0 Å². The van der Waals surface area contributed by atoms with Crippen LogP contribution in [0.5, 0.6) is 23.0 Å². The number of carbonyl (C=O) groups excluding carboxylic acids is 4. The van der Waals surface area contributed by atoms with Gasteiger partial charge in [-0.05, 0) is 188 Å². The Labute approximate surface area is 498 Å². The number of carbonyl (C=O) groups is 4. The second-order valence-electron chi connectivity index (χ2n) is 25.5. The van der Waals surface area contributed by atoms with Crippen LogP contribution in [-0.2, 0) is 32.0 Å². The Morgan fingerprint density at radius 3 is 1.01 bits per heavy atom. The molecule has 0 N–H and O–H groups in total. The molecule has 2 aromatic carbocycles. The third kappa shape index (κ3) is 24.4. The van der Waals surface area contributed by atoms with Gasteiger partial charge < -0.3 is 38.7 Å². The fourth-order valence-electron chi connectivity index (χ4n) is 11.6. The molecule has 0 saturated carbocycles. The Balaban J connectivity index is 0.000000520. The molecule has 0 fully saturated rings. The quantitative estimate of drug-likeness (QED) is 0.0393. The number of carboxylic acid groups (broad SMARTS) is 2. The molecule has 0 spiro atoms. The van der Waals surface area contributed by atoms with Crippen molar-refractivity contribution in [2.24, 2.45) is 35.5 Å². The van der Waals surface area contributed by atoms with E-state index in [4.69, 9.17) is 18.9 Å². The van der Waals surface area contributed by atoms with Crippen molar-refractivity contribution in [3.05, 3.63) is 44.5 Å². The SMILES string of the molecule is Cc1c(C)c2c(c(C)c1OC(=O)CCC(=O)[O-])CC[C@](C)(CCC[C@@H](C)CCC[C@@H](C)CCCC(C)C)O2.Cc1c(C)c2c(c(C)c1OC(=O)CCC(=O)[O-])CC[C@](C)(CCC[C@@H](C)CCC[C@@H](C)CCCC(C)C)O2.[Ca+2]. The number of benzene rings is 2. The van der Waals surface area contributed by atoms with Crippen molar-refractivity contribution >= 4 is 61.6 Å². The van der Waals surface area contributed by atoms with E-state index < -0.39 is 23.9 Å². The largest absolute Gasteiger partial charge is 2.00 e. The normalized spacial score (nSPS) is 18.3. The van der Waals surface area contributed by atoms with E-state index in [1.807, 2.05) is 41.5 Å². The van der Waals surface area contributed by atoms with E-state index in [0.717, 1.165) is 130 Å². The first-order valence-corrected chi connectivity index (χ1v) is 30.1. The predicted octanol–water partition coefficient (Wildman–Crippen LogP) is 14.8. The third-order valence-electron chi connectivity index (χ3n) is 17.2. The molecule has 11 heteroatoms. The number of esters is 2.